The van der Waals surface area contributed by atoms with Crippen molar-refractivity contribution in [2.75, 3.05) is 13.2 Å². The molecule has 0 aliphatic carbocycles. The summed E-state index contributed by atoms with van der Waals surface area (Å²) in [5, 5.41) is 0. The van der Waals surface area contributed by atoms with Crippen LogP contribution in [0.2, 0.25) is 0 Å². The molecule has 0 saturated carbocycles. The van der Waals surface area contributed by atoms with Gasteiger partial charge in [0.25, 0.3) is 0 Å². The lowest BCUT2D eigenvalue weighted by Gasteiger charge is -2.18. The maximum atomic E-state index is 12.9. The summed E-state index contributed by atoms with van der Waals surface area (Å²) >= 11 is 0. The predicted molar refractivity (Wildman–Crippen MR) is 289 cm³/mol. The van der Waals surface area contributed by atoms with Crippen LogP contribution in [0.1, 0.15) is 343 Å². The first-order valence-corrected chi connectivity index (χ1v) is 30.2. The average molecular weight is 948 g/mol. The van der Waals surface area contributed by atoms with E-state index in [9.17, 15) is 14.4 Å². The van der Waals surface area contributed by atoms with Crippen LogP contribution in [0.25, 0.3) is 0 Å². The van der Waals surface area contributed by atoms with Gasteiger partial charge in [-0.2, -0.15) is 0 Å². The van der Waals surface area contributed by atoms with Crippen molar-refractivity contribution in [3.63, 3.8) is 0 Å². The Labute approximate surface area is 418 Å². The molecule has 0 saturated heterocycles. The van der Waals surface area contributed by atoms with Crippen molar-refractivity contribution in [1.82, 2.24) is 0 Å². The van der Waals surface area contributed by atoms with Gasteiger partial charge in [0.05, 0.1) is 0 Å². The van der Waals surface area contributed by atoms with E-state index in [1.165, 1.54) is 231 Å². The molecule has 0 N–H and O–H groups in total. The number of carbonyl (C=O) groups is 3. The molecule has 0 bridgehead atoms. The van der Waals surface area contributed by atoms with E-state index in [1.807, 2.05) is 0 Å². The fourth-order valence-electron chi connectivity index (χ4n) is 9.40. The number of esters is 3. The van der Waals surface area contributed by atoms with Gasteiger partial charge in [0.2, 0.25) is 0 Å². The third kappa shape index (κ3) is 55.2. The second kappa shape index (κ2) is 53.8. The molecular formula is C61H118O6. The van der Waals surface area contributed by atoms with Gasteiger partial charge in [-0.15, -0.1) is 0 Å². The van der Waals surface area contributed by atoms with Crippen LogP contribution in [0, 0.1) is 11.8 Å². The Kier molecular flexibility index (Phi) is 52.5. The highest BCUT2D eigenvalue weighted by Gasteiger charge is 2.19. The normalized spacial score (nSPS) is 12.0. The Hall–Kier alpha value is -1.59. The molecule has 0 aliphatic heterocycles. The summed E-state index contributed by atoms with van der Waals surface area (Å²) in [5.74, 6) is 0.844. The molecule has 0 heterocycles. The highest BCUT2D eigenvalue weighted by Crippen LogP contribution is 2.18. The molecule has 0 unspecified atom stereocenters. The van der Waals surface area contributed by atoms with E-state index in [4.69, 9.17) is 14.2 Å². The van der Waals surface area contributed by atoms with Gasteiger partial charge in [-0.25, -0.2) is 0 Å². The Balaban J connectivity index is 4.28. The van der Waals surface area contributed by atoms with Crippen molar-refractivity contribution in [3.05, 3.63) is 0 Å². The number of hydrogen-bond acceptors (Lipinski definition) is 6. The average Bonchev–Trinajstić information content (AvgIpc) is 3.30. The Morgan fingerprint density at radius 1 is 0.284 bits per heavy atom. The van der Waals surface area contributed by atoms with E-state index in [2.05, 4.69) is 34.6 Å². The third-order valence-corrected chi connectivity index (χ3v) is 14.0. The maximum Gasteiger partial charge on any atom is 0.306 e. The van der Waals surface area contributed by atoms with E-state index in [0.717, 1.165) is 69.6 Å². The fraction of sp³-hybridized carbons (Fsp3) is 0.951. The first-order valence-electron chi connectivity index (χ1n) is 30.2. The number of unbranched alkanes of at least 4 members (excludes halogenated alkanes) is 40. The molecule has 0 aliphatic rings. The van der Waals surface area contributed by atoms with E-state index in [-0.39, 0.29) is 31.1 Å². The summed E-state index contributed by atoms with van der Waals surface area (Å²) in [4.78, 5) is 38.2. The Bertz CT molecular complexity index is 1020. The van der Waals surface area contributed by atoms with Crippen molar-refractivity contribution in [2.24, 2.45) is 11.8 Å². The van der Waals surface area contributed by atoms with Crippen LogP contribution < -0.4 is 0 Å². The smallest absolute Gasteiger partial charge is 0.306 e. The molecule has 0 aromatic carbocycles. The third-order valence-electron chi connectivity index (χ3n) is 14.0. The summed E-state index contributed by atoms with van der Waals surface area (Å²) in [6.45, 7) is 11.4. The number of hydrogen-bond donors (Lipinski definition) is 0. The molecular weight excluding hydrogens is 829 g/mol. The van der Waals surface area contributed by atoms with Crippen LogP contribution in [0.4, 0.5) is 0 Å². The monoisotopic (exact) mass is 947 g/mol. The second-order valence-corrected chi connectivity index (χ2v) is 21.9. The lowest BCUT2D eigenvalue weighted by atomic mass is 10.0. The molecule has 6 heteroatoms. The van der Waals surface area contributed by atoms with Gasteiger partial charge in [-0.05, 0) is 31.1 Å². The summed E-state index contributed by atoms with van der Waals surface area (Å²) in [5.41, 5.74) is 0. The molecule has 0 spiro atoms. The SMILES string of the molecule is CCCCCCCCCCCCCCCCCCC(=O)O[C@H](COC(=O)CCCCCCCCCCCCCCCCCCC(C)C)COC(=O)CCCCCCCCCCCCCC(C)C. The van der Waals surface area contributed by atoms with E-state index in [0.29, 0.717) is 19.3 Å². The van der Waals surface area contributed by atoms with Crippen LogP contribution >= 0.6 is 0 Å². The van der Waals surface area contributed by atoms with Gasteiger partial charge in [-0.3, -0.25) is 14.4 Å². The topological polar surface area (TPSA) is 78.9 Å². The fourth-order valence-corrected chi connectivity index (χ4v) is 9.40. The molecule has 1 atom stereocenters. The molecule has 0 fully saturated rings. The zero-order valence-electron chi connectivity index (χ0n) is 46.0. The van der Waals surface area contributed by atoms with Crippen LogP contribution in [0.5, 0.6) is 0 Å². The first kappa shape index (κ1) is 65.4. The number of rotatable bonds is 55. The largest absolute Gasteiger partial charge is 0.462 e. The van der Waals surface area contributed by atoms with E-state index < -0.39 is 6.10 Å². The van der Waals surface area contributed by atoms with Crippen LogP contribution in [0.3, 0.4) is 0 Å². The molecule has 398 valence electrons. The second-order valence-electron chi connectivity index (χ2n) is 21.9. The van der Waals surface area contributed by atoms with Crippen molar-refractivity contribution < 1.29 is 28.6 Å². The zero-order chi connectivity index (χ0) is 48.9. The minimum absolute atomic E-state index is 0.0623. The molecule has 0 aromatic heterocycles. The molecule has 0 rings (SSSR count). The molecule has 0 amide bonds. The summed E-state index contributed by atoms with van der Waals surface area (Å²) in [6.07, 6.45) is 58.1. The maximum absolute atomic E-state index is 12.9. The number of carbonyl (C=O) groups excluding carboxylic acids is 3. The van der Waals surface area contributed by atoms with Crippen LogP contribution in [-0.4, -0.2) is 37.2 Å². The standard InChI is InChI=1S/C61H118O6/c1-6-7-8-9-10-11-12-13-14-18-22-27-33-38-43-48-53-61(64)67-58(55-66-60(63)52-47-42-37-32-28-23-25-30-35-40-45-50-57(4)5)54-65-59(62)51-46-41-36-31-26-21-19-16-15-17-20-24-29-34-39-44-49-56(2)3/h56-58H,6-55H2,1-5H3/t58-/m1/s1. The predicted octanol–water partition coefficient (Wildman–Crippen LogP) is 20.0. The van der Waals surface area contributed by atoms with Crippen molar-refractivity contribution in [1.29, 1.82) is 0 Å². The van der Waals surface area contributed by atoms with Gasteiger partial charge in [0.15, 0.2) is 6.10 Å². The summed E-state index contributed by atoms with van der Waals surface area (Å²) in [6, 6.07) is 0. The zero-order valence-corrected chi connectivity index (χ0v) is 46.0. The molecule has 67 heavy (non-hydrogen) atoms. The minimum Gasteiger partial charge on any atom is -0.462 e. The van der Waals surface area contributed by atoms with Gasteiger partial charge in [-0.1, -0.05) is 304 Å². The lowest BCUT2D eigenvalue weighted by Crippen LogP contribution is -2.30. The van der Waals surface area contributed by atoms with Crippen molar-refractivity contribution >= 4 is 17.9 Å². The van der Waals surface area contributed by atoms with Gasteiger partial charge in [0, 0.05) is 19.3 Å². The first-order chi connectivity index (χ1) is 32.7. The van der Waals surface area contributed by atoms with Gasteiger partial charge >= 0.3 is 17.9 Å². The quantitative estimate of drug-likeness (QED) is 0.0343. The van der Waals surface area contributed by atoms with Crippen molar-refractivity contribution in [2.45, 2.75) is 349 Å². The highest BCUT2D eigenvalue weighted by atomic mass is 16.6. The van der Waals surface area contributed by atoms with Gasteiger partial charge < -0.3 is 14.2 Å². The van der Waals surface area contributed by atoms with Crippen LogP contribution in [0.15, 0.2) is 0 Å². The highest BCUT2D eigenvalue weighted by molar-refractivity contribution is 5.71. The minimum atomic E-state index is -0.763. The molecule has 0 radical (unpaired) electrons. The Morgan fingerprint density at radius 3 is 0.731 bits per heavy atom. The van der Waals surface area contributed by atoms with E-state index >= 15 is 0 Å². The van der Waals surface area contributed by atoms with Gasteiger partial charge in [0.1, 0.15) is 13.2 Å². The molecule has 0 aromatic rings. The number of ether oxygens (including phenoxy) is 3. The molecule has 6 nitrogen and oxygen atoms in total. The summed E-state index contributed by atoms with van der Waals surface area (Å²) in [7, 11) is 0. The van der Waals surface area contributed by atoms with Crippen LogP contribution in [-0.2, 0) is 28.6 Å². The lowest BCUT2D eigenvalue weighted by molar-refractivity contribution is -0.167. The van der Waals surface area contributed by atoms with E-state index in [1.54, 1.807) is 0 Å². The Morgan fingerprint density at radius 2 is 0.493 bits per heavy atom. The van der Waals surface area contributed by atoms with Crippen molar-refractivity contribution in [3.8, 4) is 0 Å². The summed E-state index contributed by atoms with van der Waals surface area (Å²) < 4.78 is 16.9.